The number of ether oxygens (including phenoxy) is 1. The van der Waals surface area contributed by atoms with E-state index in [1.54, 1.807) is 24.5 Å². The van der Waals surface area contributed by atoms with E-state index >= 15 is 0 Å². The number of carboxylic acids is 1. The van der Waals surface area contributed by atoms with Crippen LogP contribution in [0, 0.1) is 0 Å². The van der Waals surface area contributed by atoms with Crippen molar-refractivity contribution in [2.75, 3.05) is 12.4 Å². The van der Waals surface area contributed by atoms with Gasteiger partial charge in [0.2, 0.25) is 0 Å². The monoisotopic (exact) mass is 302 g/mol. The summed E-state index contributed by atoms with van der Waals surface area (Å²) in [5, 5.41) is 9.31. The predicted octanol–water partition coefficient (Wildman–Crippen LogP) is 2.75. The smallest absolute Gasteiger partial charge is 0.328 e. The summed E-state index contributed by atoms with van der Waals surface area (Å²) in [6, 6.07) is 9.05. The van der Waals surface area contributed by atoms with Crippen LogP contribution in [0.3, 0.4) is 0 Å². The molecule has 108 valence electrons. The number of carboxylic acid groups (broad SMARTS) is 1. The lowest BCUT2D eigenvalue weighted by Crippen LogP contribution is -2.01. The number of hydrogen-bond donors (Lipinski definition) is 1. The van der Waals surface area contributed by atoms with Gasteiger partial charge in [-0.1, -0.05) is 23.9 Å². The minimum atomic E-state index is -0.972. The van der Waals surface area contributed by atoms with Crippen molar-refractivity contribution in [2.24, 2.45) is 0 Å². The molecule has 0 unspecified atom stereocenters. The lowest BCUT2D eigenvalue weighted by Gasteiger charge is -2.06. The number of aromatic nitrogens is 2. The normalized spacial score (nSPS) is 10.7. The van der Waals surface area contributed by atoms with E-state index in [1.807, 2.05) is 18.2 Å². The van der Waals surface area contributed by atoms with Gasteiger partial charge in [-0.25, -0.2) is 14.8 Å². The summed E-state index contributed by atoms with van der Waals surface area (Å²) in [6.45, 7) is 0.523. The Labute approximate surface area is 126 Å². The molecule has 21 heavy (non-hydrogen) atoms. The summed E-state index contributed by atoms with van der Waals surface area (Å²) in [5.74, 6) is 0.469. The molecule has 0 spiro atoms. The Morgan fingerprint density at radius 2 is 2.10 bits per heavy atom. The van der Waals surface area contributed by atoms with Crippen LogP contribution in [-0.2, 0) is 4.79 Å². The number of hydrogen-bond acceptors (Lipinski definition) is 5. The van der Waals surface area contributed by atoms with E-state index in [2.05, 4.69) is 9.97 Å². The van der Waals surface area contributed by atoms with Crippen LogP contribution in [0.1, 0.15) is 5.56 Å². The van der Waals surface area contributed by atoms with Crippen molar-refractivity contribution >= 4 is 23.8 Å². The van der Waals surface area contributed by atoms with Gasteiger partial charge in [-0.2, -0.15) is 0 Å². The van der Waals surface area contributed by atoms with Crippen molar-refractivity contribution in [1.29, 1.82) is 0 Å². The van der Waals surface area contributed by atoms with Crippen LogP contribution in [0.5, 0.6) is 5.75 Å². The van der Waals surface area contributed by atoms with Crippen LogP contribution < -0.4 is 4.74 Å². The summed E-state index contributed by atoms with van der Waals surface area (Å²) >= 11 is 1.52. The number of thioether (sulfide) groups is 1. The largest absolute Gasteiger partial charge is 0.493 e. The second-order valence-electron chi connectivity index (χ2n) is 3.97. The highest BCUT2D eigenvalue weighted by Gasteiger charge is 1.98. The number of carbonyl (C=O) groups is 1. The van der Waals surface area contributed by atoms with Gasteiger partial charge in [0.05, 0.1) is 6.61 Å². The molecule has 0 saturated heterocycles. The van der Waals surface area contributed by atoms with Gasteiger partial charge in [0.1, 0.15) is 5.75 Å². The predicted molar refractivity (Wildman–Crippen MR) is 81.4 cm³/mol. The molecule has 0 aliphatic rings. The van der Waals surface area contributed by atoms with Crippen molar-refractivity contribution in [3.05, 3.63) is 54.4 Å². The topological polar surface area (TPSA) is 72.3 Å². The molecule has 2 rings (SSSR count). The Morgan fingerprint density at radius 1 is 1.29 bits per heavy atom. The first kappa shape index (κ1) is 15.1. The quantitative estimate of drug-likeness (QED) is 0.367. The summed E-state index contributed by atoms with van der Waals surface area (Å²) < 4.78 is 5.62. The maximum absolute atomic E-state index is 10.5. The van der Waals surface area contributed by atoms with Gasteiger partial charge >= 0.3 is 5.97 Å². The first-order valence-electron chi connectivity index (χ1n) is 6.28. The van der Waals surface area contributed by atoms with Crippen LogP contribution in [0.2, 0.25) is 0 Å². The van der Waals surface area contributed by atoms with Crippen molar-refractivity contribution in [3.8, 4) is 5.75 Å². The van der Waals surface area contributed by atoms with Gasteiger partial charge in [0, 0.05) is 24.2 Å². The molecular weight excluding hydrogens is 288 g/mol. The maximum atomic E-state index is 10.5. The zero-order chi connectivity index (χ0) is 14.9. The van der Waals surface area contributed by atoms with E-state index in [0.717, 1.165) is 22.5 Å². The molecule has 1 heterocycles. The second-order valence-corrected chi connectivity index (χ2v) is 5.03. The van der Waals surface area contributed by atoms with Crippen LogP contribution in [0.25, 0.3) is 6.08 Å². The average molecular weight is 302 g/mol. The SMILES string of the molecule is O=C(O)C=Cc1cccc(OCCSc2ncccn2)c1. The molecule has 0 radical (unpaired) electrons. The molecule has 0 fully saturated rings. The van der Waals surface area contributed by atoms with Crippen LogP contribution in [-0.4, -0.2) is 33.4 Å². The minimum Gasteiger partial charge on any atom is -0.493 e. The third kappa shape index (κ3) is 5.66. The highest BCUT2D eigenvalue weighted by Crippen LogP contribution is 2.16. The van der Waals surface area contributed by atoms with Crippen molar-refractivity contribution in [1.82, 2.24) is 9.97 Å². The fourth-order valence-electron chi connectivity index (χ4n) is 1.53. The first-order valence-corrected chi connectivity index (χ1v) is 7.26. The Balaban J connectivity index is 1.80. The molecule has 1 N–H and O–H groups in total. The zero-order valence-corrected chi connectivity index (χ0v) is 12.0. The van der Waals surface area contributed by atoms with Crippen LogP contribution in [0.4, 0.5) is 0 Å². The zero-order valence-electron chi connectivity index (χ0n) is 11.2. The van der Waals surface area contributed by atoms with E-state index < -0.39 is 5.97 Å². The van der Waals surface area contributed by atoms with Gasteiger partial charge in [0.15, 0.2) is 5.16 Å². The van der Waals surface area contributed by atoms with E-state index in [9.17, 15) is 4.79 Å². The second kappa shape index (κ2) is 8.06. The van der Waals surface area contributed by atoms with Crippen molar-refractivity contribution in [3.63, 3.8) is 0 Å². The molecule has 6 heteroatoms. The molecule has 0 atom stereocenters. The van der Waals surface area contributed by atoms with Gasteiger partial charge in [0.25, 0.3) is 0 Å². The van der Waals surface area contributed by atoms with E-state index in [0.29, 0.717) is 12.4 Å². The average Bonchev–Trinajstić information content (AvgIpc) is 2.51. The van der Waals surface area contributed by atoms with Gasteiger partial charge < -0.3 is 9.84 Å². The summed E-state index contributed by atoms with van der Waals surface area (Å²) in [6.07, 6.45) is 6.03. The Morgan fingerprint density at radius 3 is 2.86 bits per heavy atom. The van der Waals surface area contributed by atoms with Crippen molar-refractivity contribution < 1.29 is 14.6 Å². The van der Waals surface area contributed by atoms with E-state index in [1.165, 1.54) is 17.8 Å². The molecule has 5 nitrogen and oxygen atoms in total. The Hall–Kier alpha value is -2.34. The number of rotatable bonds is 7. The van der Waals surface area contributed by atoms with E-state index in [-0.39, 0.29) is 0 Å². The van der Waals surface area contributed by atoms with Gasteiger partial charge in [-0.15, -0.1) is 0 Å². The molecule has 0 bridgehead atoms. The number of nitrogens with zero attached hydrogens (tertiary/aromatic N) is 2. The highest BCUT2D eigenvalue weighted by molar-refractivity contribution is 7.99. The van der Waals surface area contributed by atoms with Gasteiger partial charge in [-0.05, 0) is 29.8 Å². The third-order valence-corrected chi connectivity index (χ3v) is 3.24. The molecule has 1 aromatic carbocycles. The molecule has 0 amide bonds. The van der Waals surface area contributed by atoms with E-state index in [4.69, 9.17) is 9.84 Å². The molecule has 1 aromatic heterocycles. The Bertz CT molecular complexity index is 617. The summed E-state index contributed by atoms with van der Waals surface area (Å²) in [5.41, 5.74) is 0.786. The fraction of sp³-hybridized carbons (Fsp3) is 0.133. The number of aliphatic carboxylic acids is 1. The lowest BCUT2D eigenvalue weighted by atomic mass is 10.2. The molecule has 0 aliphatic carbocycles. The Kier molecular flexibility index (Phi) is 5.78. The molecular formula is C15H14N2O3S. The molecule has 2 aromatic rings. The van der Waals surface area contributed by atoms with Crippen LogP contribution in [0.15, 0.2) is 54.0 Å². The first-order chi connectivity index (χ1) is 10.2. The van der Waals surface area contributed by atoms with Crippen LogP contribution >= 0.6 is 11.8 Å². The van der Waals surface area contributed by atoms with Gasteiger partial charge in [-0.3, -0.25) is 0 Å². The summed E-state index contributed by atoms with van der Waals surface area (Å²) in [4.78, 5) is 18.7. The summed E-state index contributed by atoms with van der Waals surface area (Å²) in [7, 11) is 0. The molecule has 0 aliphatic heterocycles. The maximum Gasteiger partial charge on any atom is 0.328 e. The lowest BCUT2D eigenvalue weighted by molar-refractivity contribution is -0.131. The van der Waals surface area contributed by atoms with Crippen molar-refractivity contribution in [2.45, 2.75) is 5.16 Å². The molecule has 0 saturated carbocycles. The third-order valence-electron chi connectivity index (χ3n) is 2.40. The highest BCUT2D eigenvalue weighted by atomic mass is 32.2. The number of benzene rings is 1. The minimum absolute atomic E-state index is 0.523. The fourth-order valence-corrected chi connectivity index (χ4v) is 2.15. The standard InChI is InChI=1S/C15H14N2O3S/c18-14(19)6-5-12-3-1-4-13(11-12)20-9-10-21-15-16-7-2-8-17-15/h1-8,11H,9-10H2,(H,18,19).